The molecule has 0 radical (unpaired) electrons. The van der Waals surface area contributed by atoms with E-state index in [1.54, 1.807) is 0 Å². The Bertz CT molecular complexity index is 263. The van der Waals surface area contributed by atoms with E-state index in [9.17, 15) is 4.79 Å². The molecule has 1 fully saturated rings. The molecule has 2 aliphatic rings. The zero-order valence-corrected chi connectivity index (χ0v) is 8.85. The summed E-state index contributed by atoms with van der Waals surface area (Å²) in [6.07, 6.45) is 3.11. The summed E-state index contributed by atoms with van der Waals surface area (Å²) >= 11 is 1.82. The predicted octanol–water partition coefficient (Wildman–Crippen LogP) is 0.333. The molecule has 0 aromatic carbocycles. The largest absolute Gasteiger partial charge is 0.370 e. The number of amides is 1. The third-order valence-electron chi connectivity index (χ3n) is 2.47. The third-order valence-corrected chi connectivity index (χ3v) is 3.81. The number of hydrogen-bond acceptors (Lipinski definition) is 4. The van der Waals surface area contributed by atoms with Crippen LogP contribution in [0.4, 0.5) is 0 Å². The zero-order chi connectivity index (χ0) is 9.97. The number of amidine groups is 1. The number of nitrogens with two attached hydrogens (primary N) is 1. The Balaban J connectivity index is 1.64. The molecule has 3 N–H and O–H groups in total. The fourth-order valence-electron chi connectivity index (χ4n) is 1.49. The second-order valence-electron chi connectivity index (χ2n) is 3.78. The second-order valence-corrected chi connectivity index (χ2v) is 5.01. The zero-order valence-electron chi connectivity index (χ0n) is 8.03. The highest BCUT2D eigenvalue weighted by Crippen LogP contribution is 2.41. The van der Waals surface area contributed by atoms with Gasteiger partial charge in [-0.1, -0.05) is 11.8 Å². The topological polar surface area (TPSA) is 67.5 Å². The molecule has 0 spiro atoms. The molecule has 0 bridgehead atoms. The van der Waals surface area contributed by atoms with E-state index in [0.717, 1.165) is 17.6 Å². The number of hydrogen-bond donors (Lipinski definition) is 2. The lowest BCUT2D eigenvalue weighted by Crippen LogP contribution is -2.25. The lowest BCUT2D eigenvalue weighted by atomic mass is 10.3. The average Bonchev–Trinajstić information content (AvgIpc) is 2.87. The van der Waals surface area contributed by atoms with Crippen molar-refractivity contribution in [2.75, 3.05) is 13.1 Å². The van der Waals surface area contributed by atoms with Gasteiger partial charge in [-0.25, -0.2) is 0 Å². The van der Waals surface area contributed by atoms with Crippen LogP contribution in [0.3, 0.4) is 0 Å². The number of carbonyl (C=O) groups excluding carboxylic acids is 1. The van der Waals surface area contributed by atoms with E-state index in [1.807, 2.05) is 11.8 Å². The van der Waals surface area contributed by atoms with Gasteiger partial charge in [0.2, 0.25) is 5.91 Å². The van der Waals surface area contributed by atoms with Gasteiger partial charge in [-0.15, -0.1) is 0 Å². The Hall–Kier alpha value is -0.710. The van der Waals surface area contributed by atoms with E-state index >= 15 is 0 Å². The standard InChI is InChI=1S/C9H15N3OS/c10-8(13)3-4-11-9-12-5-7(14-9)6-1-2-6/h6-7H,1-5H2,(H2,10,13)(H,11,12). The van der Waals surface area contributed by atoms with Crippen LogP contribution in [0.15, 0.2) is 4.99 Å². The molecule has 0 saturated heterocycles. The van der Waals surface area contributed by atoms with Gasteiger partial charge in [0, 0.05) is 18.2 Å². The molecule has 4 nitrogen and oxygen atoms in total. The van der Waals surface area contributed by atoms with Crippen molar-refractivity contribution >= 4 is 22.8 Å². The molecule has 0 aromatic rings. The molecule has 1 heterocycles. The van der Waals surface area contributed by atoms with Gasteiger partial charge < -0.3 is 11.1 Å². The van der Waals surface area contributed by atoms with Crippen LogP contribution in [0, 0.1) is 5.92 Å². The first-order valence-electron chi connectivity index (χ1n) is 4.99. The van der Waals surface area contributed by atoms with Crippen molar-refractivity contribution in [2.45, 2.75) is 24.5 Å². The summed E-state index contributed by atoms with van der Waals surface area (Å²) in [6, 6.07) is 0. The number of primary amides is 1. The Morgan fingerprint density at radius 1 is 1.64 bits per heavy atom. The highest BCUT2D eigenvalue weighted by molar-refractivity contribution is 8.14. The molecule has 1 aliphatic heterocycles. The van der Waals surface area contributed by atoms with Crippen molar-refractivity contribution in [3.05, 3.63) is 0 Å². The lowest BCUT2D eigenvalue weighted by Gasteiger charge is -2.06. The molecule has 5 heteroatoms. The quantitative estimate of drug-likeness (QED) is 0.707. The van der Waals surface area contributed by atoms with E-state index in [2.05, 4.69) is 10.3 Å². The third kappa shape index (κ3) is 2.64. The van der Waals surface area contributed by atoms with E-state index < -0.39 is 0 Å². The van der Waals surface area contributed by atoms with Crippen LogP contribution in [-0.4, -0.2) is 29.4 Å². The number of thioether (sulfide) groups is 1. The van der Waals surface area contributed by atoms with Gasteiger partial charge in [-0.2, -0.15) is 0 Å². The first kappa shape index (κ1) is 9.83. The van der Waals surface area contributed by atoms with E-state index in [0.29, 0.717) is 18.2 Å². The Morgan fingerprint density at radius 2 is 2.43 bits per heavy atom. The summed E-state index contributed by atoms with van der Waals surface area (Å²) in [7, 11) is 0. The van der Waals surface area contributed by atoms with Crippen LogP contribution < -0.4 is 11.1 Å². The molecule has 1 unspecified atom stereocenters. The number of nitrogens with one attached hydrogen (secondary N) is 1. The normalized spacial score (nSPS) is 26.0. The van der Waals surface area contributed by atoms with Crippen LogP contribution in [-0.2, 0) is 4.79 Å². The molecule has 1 aliphatic carbocycles. The van der Waals surface area contributed by atoms with Gasteiger partial charge in [0.05, 0.1) is 6.54 Å². The smallest absolute Gasteiger partial charge is 0.219 e. The summed E-state index contributed by atoms with van der Waals surface area (Å²) in [5.74, 6) is 0.624. The van der Waals surface area contributed by atoms with Gasteiger partial charge in [0.25, 0.3) is 0 Å². The molecule has 1 atom stereocenters. The average molecular weight is 213 g/mol. The highest BCUT2D eigenvalue weighted by atomic mass is 32.2. The fourth-order valence-corrected chi connectivity index (χ4v) is 2.73. The van der Waals surface area contributed by atoms with Gasteiger partial charge in [-0.05, 0) is 18.8 Å². The molecule has 0 aromatic heterocycles. The molecule has 1 saturated carbocycles. The number of carbonyl (C=O) groups is 1. The SMILES string of the molecule is NC(=O)CCNC1=NCC(C2CC2)S1. The summed E-state index contributed by atoms with van der Waals surface area (Å²) in [6.45, 7) is 1.55. The van der Waals surface area contributed by atoms with E-state index in [1.165, 1.54) is 12.8 Å². The first-order chi connectivity index (χ1) is 6.75. The Morgan fingerprint density at radius 3 is 3.07 bits per heavy atom. The minimum absolute atomic E-state index is 0.264. The first-order valence-corrected chi connectivity index (χ1v) is 5.87. The van der Waals surface area contributed by atoms with Crippen LogP contribution >= 0.6 is 11.8 Å². The predicted molar refractivity (Wildman–Crippen MR) is 58.2 cm³/mol. The van der Waals surface area contributed by atoms with E-state index in [-0.39, 0.29) is 5.91 Å². The van der Waals surface area contributed by atoms with Crippen molar-refractivity contribution in [3.8, 4) is 0 Å². The van der Waals surface area contributed by atoms with Crippen molar-refractivity contribution in [1.29, 1.82) is 0 Å². The molecular formula is C9H15N3OS. The molecule has 14 heavy (non-hydrogen) atoms. The maximum Gasteiger partial charge on any atom is 0.219 e. The minimum atomic E-state index is -0.264. The maximum absolute atomic E-state index is 10.5. The van der Waals surface area contributed by atoms with Gasteiger partial charge >= 0.3 is 0 Å². The van der Waals surface area contributed by atoms with Crippen LogP contribution in [0.5, 0.6) is 0 Å². The molecule has 2 rings (SSSR count). The minimum Gasteiger partial charge on any atom is -0.370 e. The van der Waals surface area contributed by atoms with Crippen molar-refractivity contribution in [2.24, 2.45) is 16.6 Å². The monoisotopic (exact) mass is 213 g/mol. The van der Waals surface area contributed by atoms with Crippen molar-refractivity contribution in [1.82, 2.24) is 5.32 Å². The number of rotatable bonds is 4. The molecular weight excluding hydrogens is 198 g/mol. The number of aliphatic imine (C=N–C) groups is 1. The van der Waals surface area contributed by atoms with Gasteiger partial charge in [-0.3, -0.25) is 9.79 Å². The fraction of sp³-hybridized carbons (Fsp3) is 0.778. The van der Waals surface area contributed by atoms with Crippen LogP contribution in [0.2, 0.25) is 0 Å². The Kier molecular flexibility index (Phi) is 2.96. The van der Waals surface area contributed by atoms with Gasteiger partial charge in [0.15, 0.2) is 5.17 Å². The van der Waals surface area contributed by atoms with Crippen LogP contribution in [0.25, 0.3) is 0 Å². The summed E-state index contributed by atoms with van der Waals surface area (Å²) in [4.78, 5) is 14.9. The number of nitrogens with zero attached hydrogens (tertiary/aromatic N) is 1. The van der Waals surface area contributed by atoms with Gasteiger partial charge in [0.1, 0.15) is 0 Å². The van der Waals surface area contributed by atoms with Crippen LogP contribution in [0.1, 0.15) is 19.3 Å². The van der Waals surface area contributed by atoms with E-state index in [4.69, 9.17) is 5.73 Å². The summed E-state index contributed by atoms with van der Waals surface area (Å²) < 4.78 is 0. The lowest BCUT2D eigenvalue weighted by molar-refractivity contribution is -0.117. The highest BCUT2D eigenvalue weighted by Gasteiger charge is 2.35. The van der Waals surface area contributed by atoms with Crippen molar-refractivity contribution < 1.29 is 4.79 Å². The Labute approximate surface area is 87.7 Å². The summed E-state index contributed by atoms with van der Waals surface area (Å²) in [5.41, 5.74) is 5.04. The second kappa shape index (κ2) is 4.21. The molecule has 1 amide bonds. The van der Waals surface area contributed by atoms with Crippen molar-refractivity contribution in [3.63, 3.8) is 0 Å². The molecule has 78 valence electrons. The summed E-state index contributed by atoms with van der Waals surface area (Å²) in [5, 5.41) is 4.81. The maximum atomic E-state index is 10.5.